The smallest absolute Gasteiger partial charge is 0.337 e. The number of benzene rings is 1. The lowest BCUT2D eigenvalue weighted by Gasteiger charge is -2.34. The van der Waals surface area contributed by atoms with E-state index in [4.69, 9.17) is 4.74 Å². The Morgan fingerprint density at radius 3 is 2.29 bits per heavy atom. The molecule has 130 valence electrons. The van der Waals surface area contributed by atoms with Crippen LogP contribution in [0.1, 0.15) is 51.8 Å². The number of nitrogens with zero attached hydrogens (tertiary/aromatic N) is 1. The van der Waals surface area contributed by atoms with E-state index >= 15 is 0 Å². The number of rotatable bonds is 3. The van der Waals surface area contributed by atoms with Gasteiger partial charge in [0.15, 0.2) is 0 Å². The summed E-state index contributed by atoms with van der Waals surface area (Å²) in [4.78, 5) is 26.2. The molecule has 1 heterocycles. The summed E-state index contributed by atoms with van der Waals surface area (Å²) >= 11 is 0. The fourth-order valence-corrected chi connectivity index (χ4v) is 2.96. The summed E-state index contributed by atoms with van der Waals surface area (Å²) in [7, 11) is 1.36. The Kier molecular flexibility index (Phi) is 5.02. The second kappa shape index (κ2) is 6.67. The molecular weight excluding hydrogens is 304 g/mol. The number of methoxy groups -OCH3 is 1. The van der Waals surface area contributed by atoms with E-state index in [1.165, 1.54) is 12.7 Å². The van der Waals surface area contributed by atoms with E-state index in [1.807, 2.05) is 31.2 Å². The molecule has 1 aliphatic heterocycles. The van der Waals surface area contributed by atoms with Crippen molar-refractivity contribution < 1.29 is 14.3 Å². The Labute approximate surface area is 143 Å². The van der Waals surface area contributed by atoms with Crippen LogP contribution in [0.4, 0.5) is 4.79 Å². The van der Waals surface area contributed by atoms with Gasteiger partial charge in [-0.3, -0.25) is 4.90 Å². The number of nitrogens with one attached hydrogen (secondary N) is 1. The van der Waals surface area contributed by atoms with E-state index < -0.39 is 12.0 Å². The lowest BCUT2D eigenvalue weighted by Crippen LogP contribution is -2.47. The minimum absolute atomic E-state index is 0.0459. The Bertz CT molecular complexity index is 669. The van der Waals surface area contributed by atoms with E-state index in [9.17, 15) is 9.59 Å². The number of urea groups is 1. The van der Waals surface area contributed by atoms with Gasteiger partial charge in [0.25, 0.3) is 0 Å². The molecule has 1 aliphatic rings. The SMILES string of the molecule is CCN1C(=O)N[C@@H](c2ccc(C(C)(C)C)cc2)C(C(=O)OC)=C1C. The van der Waals surface area contributed by atoms with Gasteiger partial charge >= 0.3 is 12.0 Å². The summed E-state index contributed by atoms with van der Waals surface area (Å²) < 4.78 is 4.94. The van der Waals surface area contributed by atoms with Crippen molar-refractivity contribution in [2.45, 2.75) is 46.1 Å². The highest BCUT2D eigenvalue weighted by Crippen LogP contribution is 2.32. The van der Waals surface area contributed by atoms with Gasteiger partial charge in [-0.15, -0.1) is 0 Å². The molecule has 1 aromatic carbocycles. The summed E-state index contributed by atoms with van der Waals surface area (Å²) in [6.45, 7) is 10.6. The van der Waals surface area contributed by atoms with Crippen LogP contribution in [0, 0.1) is 0 Å². The molecule has 5 nitrogen and oxygen atoms in total. The van der Waals surface area contributed by atoms with Gasteiger partial charge in [0.1, 0.15) is 0 Å². The first kappa shape index (κ1) is 18.0. The normalized spacial score (nSPS) is 18.5. The third kappa shape index (κ3) is 3.30. The van der Waals surface area contributed by atoms with Gasteiger partial charge < -0.3 is 10.1 Å². The average Bonchev–Trinajstić information content (AvgIpc) is 2.53. The minimum atomic E-state index is -0.498. The molecule has 0 saturated carbocycles. The van der Waals surface area contributed by atoms with E-state index in [-0.39, 0.29) is 11.4 Å². The Morgan fingerprint density at radius 2 is 1.83 bits per heavy atom. The quantitative estimate of drug-likeness (QED) is 0.863. The molecule has 0 aromatic heterocycles. The molecule has 0 unspecified atom stereocenters. The zero-order chi connectivity index (χ0) is 18.1. The second-order valence-corrected chi connectivity index (χ2v) is 6.99. The fourth-order valence-electron chi connectivity index (χ4n) is 2.96. The highest BCUT2D eigenvalue weighted by Gasteiger charge is 2.35. The molecule has 0 aliphatic carbocycles. The van der Waals surface area contributed by atoms with Crippen LogP contribution in [0.25, 0.3) is 0 Å². The average molecular weight is 330 g/mol. The molecule has 1 aromatic rings. The van der Waals surface area contributed by atoms with Crippen LogP contribution >= 0.6 is 0 Å². The van der Waals surface area contributed by atoms with Crippen molar-refractivity contribution in [3.05, 3.63) is 46.7 Å². The van der Waals surface area contributed by atoms with Gasteiger partial charge in [-0.25, -0.2) is 9.59 Å². The Hall–Kier alpha value is -2.30. The van der Waals surface area contributed by atoms with Crippen LogP contribution in [-0.4, -0.2) is 30.6 Å². The third-order valence-electron chi connectivity index (χ3n) is 4.43. The second-order valence-electron chi connectivity index (χ2n) is 6.99. The lowest BCUT2D eigenvalue weighted by molar-refractivity contribution is -0.136. The van der Waals surface area contributed by atoms with E-state index in [0.717, 1.165) is 5.56 Å². The predicted molar refractivity (Wildman–Crippen MR) is 93.5 cm³/mol. The summed E-state index contributed by atoms with van der Waals surface area (Å²) in [5, 5.41) is 2.92. The molecule has 0 fully saturated rings. The molecule has 1 N–H and O–H groups in total. The molecule has 0 saturated heterocycles. The van der Waals surface area contributed by atoms with Crippen molar-refractivity contribution >= 4 is 12.0 Å². The van der Waals surface area contributed by atoms with Crippen molar-refractivity contribution in [1.82, 2.24) is 10.2 Å². The standard InChI is InChI=1S/C19H26N2O3/c1-7-21-12(2)15(17(22)24-6)16(20-18(21)23)13-8-10-14(11-9-13)19(3,4)5/h8-11,16H,7H2,1-6H3,(H,20,23)/t16-/m0/s1. The summed E-state index contributed by atoms with van der Waals surface area (Å²) in [5.41, 5.74) is 3.22. The molecule has 5 heteroatoms. The topological polar surface area (TPSA) is 58.6 Å². The number of carbonyl (C=O) groups excluding carboxylic acids is 2. The first-order valence-electron chi connectivity index (χ1n) is 8.18. The number of hydrogen-bond donors (Lipinski definition) is 1. The Balaban J connectivity index is 2.49. The fraction of sp³-hybridized carbons (Fsp3) is 0.474. The van der Waals surface area contributed by atoms with Gasteiger partial charge in [0.05, 0.1) is 18.7 Å². The number of amides is 2. The monoisotopic (exact) mass is 330 g/mol. The Morgan fingerprint density at radius 1 is 1.25 bits per heavy atom. The van der Waals surface area contributed by atoms with Crippen LogP contribution < -0.4 is 5.32 Å². The van der Waals surface area contributed by atoms with E-state index in [1.54, 1.807) is 11.8 Å². The number of carbonyl (C=O) groups is 2. The van der Waals surface area contributed by atoms with Crippen molar-refractivity contribution in [2.75, 3.05) is 13.7 Å². The predicted octanol–water partition coefficient (Wildman–Crippen LogP) is 3.52. The van der Waals surface area contributed by atoms with Crippen molar-refractivity contribution in [3.63, 3.8) is 0 Å². The molecule has 0 spiro atoms. The summed E-state index contributed by atoms with van der Waals surface area (Å²) in [5.74, 6) is -0.421. The number of esters is 1. The molecule has 0 bridgehead atoms. The van der Waals surface area contributed by atoms with Crippen molar-refractivity contribution in [2.24, 2.45) is 0 Å². The van der Waals surface area contributed by atoms with E-state index in [0.29, 0.717) is 17.8 Å². The molecule has 24 heavy (non-hydrogen) atoms. The van der Waals surface area contributed by atoms with Crippen LogP contribution in [0.15, 0.2) is 35.5 Å². The van der Waals surface area contributed by atoms with Crippen LogP contribution in [0.5, 0.6) is 0 Å². The highest BCUT2D eigenvalue weighted by molar-refractivity contribution is 5.94. The molecular formula is C19H26N2O3. The maximum Gasteiger partial charge on any atom is 0.337 e. The zero-order valence-electron chi connectivity index (χ0n) is 15.3. The third-order valence-corrected chi connectivity index (χ3v) is 4.43. The van der Waals surface area contributed by atoms with Crippen LogP contribution in [0.2, 0.25) is 0 Å². The molecule has 1 atom stereocenters. The largest absolute Gasteiger partial charge is 0.466 e. The molecule has 2 rings (SSSR count). The van der Waals surface area contributed by atoms with E-state index in [2.05, 4.69) is 26.1 Å². The first-order chi connectivity index (χ1) is 11.2. The molecule has 0 radical (unpaired) electrons. The maximum absolute atomic E-state index is 12.3. The minimum Gasteiger partial charge on any atom is -0.466 e. The zero-order valence-corrected chi connectivity index (χ0v) is 15.3. The van der Waals surface area contributed by atoms with Gasteiger partial charge in [0, 0.05) is 12.2 Å². The summed E-state index contributed by atoms with van der Waals surface area (Å²) in [6.07, 6.45) is 0. The van der Waals surface area contributed by atoms with Gasteiger partial charge in [-0.2, -0.15) is 0 Å². The van der Waals surface area contributed by atoms with Crippen molar-refractivity contribution in [1.29, 1.82) is 0 Å². The lowest BCUT2D eigenvalue weighted by atomic mass is 9.85. The maximum atomic E-state index is 12.3. The summed E-state index contributed by atoms with van der Waals surface area (Å²) in [6, 6.07) is 7.30. The van der Waals surface area contributed by atoms with Gasteiger partial charge in [0.2, 0.25) is 0 Å². The van der Waals surface area contributed by atoms with Crippen LogP contribution in [0.3, 0.4) is 0 Å². The number of allylic oxidation sites excluding steroid dienone is 1. The van der Waals surface area contributed by atoms with Crippen molar-refractivity contribution in [3.8, 4) is 0 Å². The van der Waals surface area contributed by atoms with Crippen LogP contribution in [-0.2, 0) is 14.9 Å². The number of hydrogen-bond acceptors (Lipinski definition) is 3. The highest BCUT2D eigenvalue weighted by atomic mass is 16.5. The molecule has 2 amide bonds. The number of ether oxygens (including phenoxy) is 1. The van der Waals surface area contributed by atoms with Gasteiger partial charge in [-0.05, 0) is 30.4 Å². The van der Waals surface area contributed by atoms with Gasteiger partial charge in [-0.1, -0.05) is 45.0 Å². The first-order valence-corrected chi connectivity index (χ1v) is 8.18.